The zero-order valence-electron chi connectivity index (χ0n) is 16.0. The highest BCUT2D eigenvalue weighted by Gasteiger charge is 2.44. The second kappa shape index (κ2) is 6.84. The minimum atomic E-state index is -0.465. The molecule has 1 saturated heterocycles. The second-order valence-electron chi connectivity index (χ2n) is 7.89. The zero-order valence-corrected chi connectivity index (χ0v) is 16.0. The van der Waals surface area contributed by atoms with Gasteiger partial charge in [-0.25, -0.2) is 0 Å². The Morgan fingerprint density at radius 3 is 2.52 bits per heavy atom. The molecule has 0 radical (unpaired) electrons. The Labute approximate surface area is 160 Å². The normalized spacial score (nSPS) is 18.1. The van der Waals surface area contributed by atoms with Crippen LogP contribution in [-0.4, -0.2) is 35.3 Å². The highest BCUT2D eigenvalue weighted by molar-refractivity contribution is 6.01. The van der Waals surface area contributed by atoms with E-state index >= 15 is 0 Å². The van der Waals surface area contributed by atoms with Gasteiger partial charge in [0, 0.05) is 25.9 Å². The predicted molar refractivity (Wildman–Crippen MR) is 104 cm³/mol. The van der Waals surface area contributed by atoms with Gasteiger partial charge >= 0.3 is 0 Å². The molecule has 0 bridgehead atoms. The van der Waals surface area contributed by atoms with Crippen LogP contribution in [0.1, 0.15) is 46.3 Å². The van der Waals surface area contributed by atoms with Crippen molar-refractivity contribution in [3.05, 3.63) is 64.7 Å². The summed E-state index contributed by atoms with van der Waals surface area (Å²) in [6, 6.07) is 13.8. The topological polar surface area (TPSA) is 46.6 Å². The maximum atomic E-state index is 12.8. The molecule has 2 aromatic carbocycles. The van der Waals surface area contributed by atoms with Crippen LogP contribution < -0.4 is 4.74 Å². The Morgan fingerprint density at radius 1 is 1.11 bits per heavy atom. The van der Waals surface area contributed by atoms with Gasteiger partial charge in [-0.3, -0.25) is 9.59 Å². The van der Waals surface area contributed by atoms with Gasteiger partial charge in [-0.1, -0.05) is 36.4 Å². The third-order valence-electron chi connectivity index (χ3n) is 5.75. The molecule has 2 heterocycles. The number of likely N-dealkylation sites (tertiary alicyclic amines) is 1. The maximum absolute atomic E-state index is 12.8. The lowest BCUT2D eigenvalue weighted by Gasteiger charge is -2.44. The first kappa shape index (κ1) is 17.8. The van der Waals surface area contributed by atoms with E-state index in [-0.39, 0.29) is 11.7 Å². The molecule has 1 spiro atoms. The molecule has 27 heavy (non-hydrogen) atoms. The molecule has 1 fully saturated rings. The standard InChI is InChI=1S/C23H25NO3/c1-16-12-17(2)22-19(13-16)20(25)15-23(27-22)8-10-24(11-9-23)21(26)14-18-6-4-3-5-7-18/h3-7,12-13H,8-11,14-15H2,1-2H3. The van der Waals surface area contributed by atoms with Crippen LogP contribution >= 0.6 is 0 Å². The van der Waals surface area contributed by atoms with Crippen LogP contribution in [0.25, 0.3) is 0 Å². The lowest BCUT2D eigenvalue weighted by Crippen LogP contribution is -2.52. The molecule has 0 atom stereocenters. The fourth-order valence-corrected chi connectivity index (χ4v) is 4.26. The number of nitrogens with zero attached hydrogens (tertiary/aromatic N) is 1. The van der Waals surface area contributed by atoms with Gasteiger partial charge in [0.1, 0.15) is 11.4 Å². The van der Waals surface area contributed by atoms with Crippen molar-refractivity contribution >= 4 is 11.7 Å². The summed E-state index contributed by atoms with van der Waals surface area (Å²) in [5, 5.41) is 0. The fraction of sp³-hybridized carbons (Fsp3) is 0.391. The van der Waals surface area contributed by atoms with Crippen LogP contribution in [0.5, 0.6) is 5.75 Å². The summed E-state index contributed by atoms with van der Waals surface area (Å²) < 4.78 is 6.40. The summed E-state index contributed by atoms with van der Waals surface area (Å²) in [5.41, 5.74) is 3.38. The highest BCUT2D eigenvalue weighted by atomic mass is 16.5. The minimum absolute atomic E-state index is 0.144. The quantitative estimate of drug-likeness (QED) is 0.814. The molecule has 2 aliphatic rings. The number of piperidine rings is 1. The molecule has 4 rings (SSSR count). The van der Waals surface area contributed by atoms with Crippen LogP contribution in [0.15, 0.2) is 42.5 Å². The lowest BCUT2D eigenvalue weighted by atomic mass is 9.81. The van der Waals surface area contributed by atoms with E-state index in [0.717, 1.165) is 22.4 Å². The summed E-state index contributed by atoms with van der Waals surface area (Å²) in [6.07, 6.45) is 2.23. The average molecular weight is 363 g/mol. The van der Waals surface area contributed by atoms with E-state index in [1.165, 1.54) is 0 Å². The first-order chi connectivity index (χ1) is 13.0. The number of benzene rings is 2. The molecule has 2 aromatic rings. The number of carbonyl (C=O) groups is 2. The molecule has 4 nitrogen and oxygen atoms in total. The van der Waals surface area contributed by atoms with Crippen molar-refractivity contribution in [1.29, 1.82) is 0 Å². The van der Waals surface area contributed by atoms with E-state index in [1.807, 2.05) is 55.1 Å². The van der Waals surface area contributed by atoms with Gasteiger partial charge in [0.25, 0.3) is 0 Å². The molecular formula is C23H25NO3. The van der Waals surface area contributed by atoms with Crippen LogP contribution in [0, 0.1) is 13.8 Å². The SMILES string of the molecule is Cc1cc(C)c2c(c1)C(=O)CC1(CCN(C(=O)Cc3ccccc3)CC1)O2. The van der Waals surface area contributed by atoms with Crippen molar-refractivity contribution in [3.63, 3.8) is 0 Å². The Bertz CT molecular complexity index is 880. The number of aryl methyl sites for hydroxylation is 2. The number of ether oxygens (including phenoxy) is 1. The number of fused-ring (bicyclic) bond motifs is 1. The number of rotatable bonds is 2. The number of Topliss-reactive ketones (excluding diaryl/α,β-unsaturated/α-hetero) is 1. The van der Waals surface area contributed by atoms with Crippen molar-refractivity contribution < 1.29 is 14.3 Å². The van der Waals surface area contributed by atoms with E-state index < -0.39 is 5.60 Å². The van der Waals surface area contributed by atoms with Crippen LogP contribution in [0.2, 0.25) is 0 Å². The van der Waals surface area contributed by atoms with Crippen molar-refractivity contribution in [1.82, 2.24) is 4.90 Å². The third kappa shape index (κ3) is 3.48. The van der Waals surface area contributed by atoms with E-state index in [4.69, 9.17) is 4.74 Å². The van der Waals surface area contributed by atoms with Crippen molar-refractivity contribution in [2.24, 2.45) is 0 Å². The Morgan fingerprint density at radius 2 is 1.81 bits per heavy atom. The summed E-state index contributed by atoms with van der Waals surface area (Å²) in [6.45, 7) is 5.27. The molecule has 0 aromatic heterocycles. The van der Waals surface area contributed by atoms with Gasteiger partial charge in [-0.2, -0.15) is 0 Å². The van der Waals surface area contributed by atoms with E-state index in [2.05, 4.69) is 6.07 Å². The molecule has 0 unspecified atom stereocenters. The molecule has 140 valence electrons. The van der Waals surface area contributed by atoms with E-state index in [9.17, 15) is 9.59 Å². The lowest BCUT2D eigenvalue weighted by molar-refractivity contribution is -0.134. The Hall–Kier alpha value is -2.62. The summed E-state index contributed by atoms with van der Waals surface area (Å²) in [5.74, 6) is 1.04. The molecule has 2 aliphatic heterocycles. The van der Waals surface area contributed by atoms with Crippen molar-refractivity contribution in [2.45, 2.75) is 45.1 Å². The van der Waals surface area contributed by atoms with Gasteiger partial charge in [-0.05, 0) is 36.6 Å². The van der Waals surface area contributed by atoms with Crippen LogP contribution in [-0.2, 0) is 11.2 Å². The van der Waals surface area contributed by atoms with E-state index in [0.29, 0.717) is 44.3 Å². The number of carbonyl (C=O) groups excluding carboxylic acids is 2. The Balaban J connectivity index is 1.46. The van der Waals surface area contributed by atoms with Crippen molar-refractivity contribution in [2.75, 3.05) is 13.1 Å². The van der Waals surface area contributed by atoms with Gasteiger partial charge in [-0.15, -0.1) is 0 Å². The van der Waals surface area contributed by atoms with Crippen molar-refractivity contribution in [3.8, 4) is 5.75 Å². The molecular weight excluding hydrogens is 338 g/mol. The smallest absolute Gasteiger partial charge is 0.226 e. The monoisotopic (exact) mass is 363 g/mol. The van der Waals surface area contributed by atoms with Crippen LogP contribution in [0.3, 0.4) is 0 Å². The third-order valence-corrected chi connectivity index (χ3v) is 5.75. The van der Waals surface area contributed by atoms with E-state index in [1.54, 1.807) is 0 Å². The fourth-order valence-electron chi connectivity index (χ4n) is 4.26. The predicted octanol–water partition coefficient (Wildman–Crippen LogP) is 3.87. The average Bonchev–Trinajstić information content (AvgIpc) is 2.64. The molecule has 0 saturated carbocycles. The molecule has 0 aliphatic carbocycles. The summed E-state index contributed by atoms with van der Waals surface area (Å²) >= 11 is 0. The first-order valence-corrected chi connectivity index (χ1v) is 9.61. The molecule has 4 heteroatoms. The minimum Gasteiger partial charge on any atom is -0.486 e. The molecule has 1 amide bonds. The van der Waals surface area contributed by atoms with Gasteiger partial charge in [0.2, 0.25) is 5.91 Å². The van der Waals surface area contributed by atoms with Gasteiger partial charge < -0.3 is 9.64 Å². The number of hydrogen-bond acceptors (Lipinski definition) is 3. The highest BCUT2D eigenvalue weighted by Crippen LogP contribution is 2.41. The number of amides is 1. The zero-order chi connectivity index (χ0) is 19.0. The van der Waals surface area contributed by atoms with Gasteiger partial charge in [0.15, 0.2) is 5.78 Å². The number of hydrogen-bond donors (Lipinski definition) is 0. The van der Waals surface area contributed by atoms with Gasteiger partial charge in [0.05, 0.1) is 18.4 Å². The summed E-state index contributed by atoms with van der Waals surface area (Å²) in [4.78, 5) is 27.3. The second-order valence-corrected chi connectivity index (χ2v) is 7.89. The first-order valence-electron chi connectivity index (χ1n) is 9.61. The maximum Gasteiger partial charge on any atom is 0.226 e. The number of ketones is 1. The van der Waals surface area contributed by atoms with Crippen LogP contribution in [0.4, 0.5) is 0 Å². The summed E-state index contributed by atoms with van der Waals surface area (Å²) in [7, 11) is 0. The Kier molecular flexibility index (Phi) is 4.50. The molecule has 0 N–H and O–H groups in total. The largest absolute Gasteiger partial charge is 0.486 e.